The second-order valence-corrected chi connectivity index (χ2v) is 9.64. The molecule has 1 aliphatic carbocycles. The minimum Gasteiger partial charge on any atom is -0.493 e. The van der Waals surface area contributed by atoms with Crippen molar-refractivity contribution >= 4 is 11.8 Å². The summed E-state index contributed by atoms with van der Waals surface area (Å²) in [6.07, 6.45) is 4.28. The molecule has 0 saturated heterocycles. The zero-order valence-electron chi connectivity index (χ0n) is 20.9. The molecule has 2 amide bonds. The van der Waals surface area contributed by atoms with E-state index in [9.17, 15) is 9.59 Å². The van der Waals surface area contributed by atoms with E-state index in [0.29, 0.717) is 36.8 Å². The third kappa shape index (κ3) is 4.06. The van der Waals surface area contributed by atoms with Crippen LogP contribution in [0.15, 0.2) is 24.3 Å². The van der Waals surface area contributed by atoms with E-state index >= 15 is 0 Å². The molecule has 2 aromatic rings. The van der Waals surface area contributed by atoms with E-state index < -0.39 is 5.91 Å². The third-order valence-corrected chi connectivity index (χ3v) is 7.56. The smallest absolute Gasteiger partial charge is 0.255 e. The Bertz CT molecular complexity index is 1160. The van der Waals surface area contributed by atoms with E-state index in [1.165, 1.54) is 19.8 Å². The van der Waals surface area contributed by atoms with Gasteiger partial charge >= 0.3 is 0 Å². The first-order valence-electron chi connectivity index (χ1n) is 12.3. The molecule has 36 heavy (non-hydrogen) atoms. The number of carbonyl (C=O) groups excluding carboxylic acids is 2. The Balaban J connectivity index is 1.54. The number of rotatable bonds is 6. The molecule has 1 unspecified atom stereocenters. The van der Waals surface area contributed by atoms with Crippen LogP contribution in [0.1, 0.15) is 60.1 Å². The molecule has 0 aromatic heterocycles. The summed E-state index contributed by atoms with van der Waals surface area (Å²) in [5.74, 6) is 1.57. The van der Waals surface area contributed by atoms with Gasteiger partial charge in [0.1, 0.15) is 13.2 Å². The Morgan fingerprint density at radius 2 is 1.64 bits per heavy atom. The minimum atomic E-state index is -0.626. The van der Waals surface area contributed by atoms with Gasteiger partial charge in [0.2, 0.25) is 5.75 Å². The lowest BCUT2D eigenvalue weighted by molar-refractivity contribution is -0.120. The number of primary amides is 1. The van der Waals surface area contributed by atoms with Crippen molar-refractivity contribution in [1.29, 1.82) is 0 Å². The fourth-order valence-electron chi connectivity index (χ4n) is 5.81. The van der Waals surface area contributed by atoms with Gasteiger partial charge in [-0.05, 0) is 55.2 Å². The number of amides is 2. The second-order valence-electron chi connectivity index (χ2n) is 9.64. The first kappa shape index (κ1) is 24.1. The molecular weight excluding hydrogens is 464 g/mol. The fraction of sp³-hybridized carbons (Fsp3) is 0.481. The van der Waals surface area contributed by atoms with Crippen LogP contribution < -0.4 is 29.4 Å². The normalized spacial score (nSPS) is 19.5. The van der Waals surface area contributed by atoms with Crippen molar-refractivity contribution < 1.29 is 33.3 Å². The van der Waals surface area contributed by atoms with Crippen LogP contribution in [0.2, 0.25) is 0 Å². The predicted molar refractivity (Wildman–Crippen MR) is 131 cm³/mol. The van der Waals surface area contributed by atoms with E-state index in [0.717, 1.165) is 42.7 Å². The lowest BCUT2D eigenvalue weighted by Crippen LogP contribution is -2.48. The van der Waals surface area contributed by atoms with Gasteiger partial charge < -0.3 is 34.3 Å². The molecule has 192 valence electrons. The van der Waals surface area contributed by atoms with Crippen LogP contribution in [0.4, 0.5) is 0 Å². The number of nitrogens with two attached hydrogens (primary N) is 1. The van der Waals surface area contributed by atoms with E-state index in [4.69, 9.17) is 29.4 Å². The molecule has 2 heterocycles. The maximum atomic E-state index is 14.0. The third-order valence-electron chi connectivity index (χ3n) is 7.56. The summed E-state index contributed by atoms with van der Waals surface area (Å²) < 4.78 is 28.2. The van der Waals surface area contributed by atoms with Gasteiger partial charge in [0.05, 0.1) is 20.3 Å². The van der Waals surface area contributed by atoms with Crippen LogP contribution in [-0.4, -0.2) is 57.3 Å². The average molecular weight is 497 g/mol. The van der Waals surface area contributed by atoms with Crippen molar-refractivity contribution in [3.8, 4) is 28.7 Å². The molecule has 0 bridgehead atoms. The molecule has 9 nitrogen and oxygen atoms in total. The number of nitrogens with zero attached hydrogens (tertiary/aromatic N) is 1. The maximum absolute atomic E-state index is 14.0. The summed E-state index contributed by atoms with van der Waals surface area (Å²) in [6, 6.07) is 7.26. The number of fused-ring (bicyclic) bond motifs is 3. The highest BCUT2D eigenvalue weighted by molar-refractivity contribution is 5.96. The van der Waals surface area contributed by atoms with E-state index in [1.54, 1.807) is 12.1 Å². The largest absolute Gasteiger partial charge is 0.493 e. The van der Waals surface area contributed by atoms with Crippen LogP contribution in [0.25, 0.3) is 0 Å². The number of hydrogen-bond donors (Lipinski definition) is 1. The van der Waals surface area contributed by atoms with Crippen LogP contribution in [-0.2, 0) is 10.2 Å². The highest BCUT2D eigenvalue weighted by Gasteiger charge is 2.46. The SMILES string of the molecule is COc1cc(C(=O)N2CC3(CCCC3)c3cc4c(cc3C2C)OCCO4)cc(OC)c1OCC(N)=O. The number of ether oxygens (including phenoxy) is 5. The van der Waals surface area contributed by atoms with Gasteiger partial charge in [0.25, 0.3) is 11.8 Å². The Morgan fingerprint density at radius 1 is 1.03 bits per heavy atom. The first-order chi connectivity index (χ1) is 17.4. The van der Waals surface area contributed by atoms with Gasteiger partial charge in [0.15, 0.2) is 29.6 Å². The second kappa shape index (κ2) is 9.44. The summed E-state index contributed by atoms with van der Waals surface area (Å²) in [4.78, 5) is 27.2. The van der Waals surface area contributed by atoms with Gasteiger partial charge in [-0.1, -0.05) is 12.8 Å². The van der Waals surface area contributed by atoms with Gasteiger partial charge in [0, 0.05) is 17.5 Å². The first-order valence-corrected chi connectivity index (χ1v) is 12.3. The van der Waals surface area contributed by atoms with Crippen molar-refractivity contribution in [2.45, 2.75) is 44.1 Å². The highest BCUT2D eigenvalue weighted by Crippen LogP contribution is 2.52. The van der Waals surface area contributed by atoms with Crippen LogP contribution in [0, 0.1) is 0 Å². The van der Waals surface area contributed by atoms with E-state index in [-0.39, 0.29) is 29.7 Å². The molecule has 1 saturated carbocycles. The van der Waals surface area contributed by atoms with Crippen molar-refractivity contribution in [3.63, 3.8) is 0 Å². The van der Waals surface area contributed by atoms with E-state index in [2.05, 4.69) is 12.1 Å². The average Bonchev–Trinajstić information content (AvgIpc) is 3.37. The summed E-state index contributed by atoms with van der Waals surface area (Å²) in [5, 5.41) is 0. The van der Waals surface area contributed by atoms with Gasteiger partial charge in [-0.2, -0.15) is 0 Å². The molecule has 0 radical (unpaired) electrons. The summed E-state index contributed by atoms with van der Waals surface area (Å²) in [5.41, 5.74) is 7.89. The Kier molecular flexibility index (Phi) is 6.32. The highest BCUT2D eigenvalue weighted by atomic mass is 16.6. The van der Waals surface area contributed by atoms with Crippen molar-refractivity contribution in [2.75, 3.05) is 40.6 Å². The van der Waals surface area contributed by atoms with Gasteiger partial charge in [-0.25, -0.2) is 0 Å². The standard InChI is InChI=1S/C27H32N2O7/c1-16-18-12-20-21(35-9-8-34-20)13-19(18)27(6-4-5-7-27)15-29(16)26(31)17-10-22(32-2)25(23(11-17)33-3)36-14-24(28)30/h10-13,16H,4-9,14-15H2,1-3H3,(H2,28,30). The number of carbonyl (C=O) groups is 2. The van der Waals surface area contributed by atoms with Crippen LogP contribution in [0.3, 0.4) is 0 Å². The molecule has 9 heteroatoms. The molecule has 3 aliphatic rings. The maximum Gasteiger partial charge on any atom is 0.255 e. The lowest BCUT2D eigenvalue weighted by atomic mass is 9.71. The molecule has 2 N–H and O–H groups in total. The topological polar surface area (TPSA) is 110 Å². The number of hydrogen-bond acceptors (Lipinski definition) is 7. The Hall–Kier alpha value is -3.62. The molecule has 1 atom stereocenters. The quantitative estimate of drug-likeness (QED) is 0.653. The zero-order valence-corrected chi connectivity index (χ0v) is 20.9. The molecule has 2 aliphatic heterocycles. The van der Waals surface area contributed by atoms with Crippen LogP contribution >= 0.6 is 0 Å². The lowest BCUT2D eigenvalue weighted by Gasteiger charge is -2.46. The van der Waals surface area contributed by atoms with Crippen molar-refractivity contribution in [1.82, 2.24) is 4.90 Å². The van der Waals surface area contributed by atoms with E-state index in [1.807, 2.05) is 11.8 Å². The zero-order chi connectivity index (χ0) is 25.4. The van der Waals surface area contributed by atoms with Crippen molar-refractivity contribution in [2.24, 2.45) is 5.73 Å². The van der Waals surface area contributed by atoms with Crippen LogP contribution in [0.5, 0.6) is 28.7 Å². The van der Waals surface area contributed by atoms with Crippen molar-refractivity contribution in [3.05, 3.63) is 41.0 Å². The minimum absolute atomic E-state index is 0.119. The number of methoxy groups -OCH3 is 2. The summed E-state index contributed by atoms with van der Waals surface area (Å²) >= 11 is 0. The Labute approximate surface area is 210 Å². The monoisotopic (exact) mass is 496 g/mol. The molecular formula is C27H32N2O7. The predicted octanol–water partition coefficient (Wildman–Crippen LogP) is 3.37. The molecule has 2 aromatic carbocycles. The van der Waals surface area contributed by atoms with Gasteiger partial charge in [-0.3, -0.25) is 9.59 Å². The number of benzene rings is 2. The Morgan fingerprint density at radius 3 is 2.22 bits per heavy atom. The van der Waals surface area contributed by atoms with Gasteiger partial charge in [-0.15, -0.1) is 0 Å². The molecule has 1 spiro atoms. The summed E-state index contributed by atoms with van der Waals surface area (Å²) in [7, 11) is 2.94. The summed E-state index contributed by atoms with van der Waals surface area (Å²) in [6.45, 7) is 3.38. The molecule has 1 fully saturated rings. The molecule has 5 rings (SSSR count). The fourth-order valence-corrected chi connectivity index (χ4v) is 5.81.